The summed E-state index contributed by atoms with van der Waals surface area (Å²) < 4.78 is 0.730. The molecule has 1 aliphatic heterocycles. The van der Waals surface area contributed by atoms with Gasteiger partial charge in [-0.15, -0.1) is 0 Å². The van der Waals surface area contributed by atoms with Crippen LogP contribution in [0.4, 0.5) is 4.79 Å². The minimum absolute atomic E-state index is 0.146. The van der Waals surface area contributed by atoms with Gasteiger partial charge in [-0.1, -0.05) is 36.7 Å². The van der Waals surface area contributed by atoms with Gasteiger partial charge >= 0.3 is 0 Å². The fraction of sp³-hybridized carbons (Fsp3) is 0.438. The molecular weight excluding hydrogens is 380 g/mol. The van der Waals surface area contributed by atoms with Crippen LogP contribution >= 0.6 is 27.7 Å². The third kappa shape index (κ3) is 3.45. The highest BCUT2D eigenvalue weighted by atomic mass is 79.9. The van der Waals surface area contributed by atoms with Crippen molar-refractivity contribution in [1.29, 1.82) is 0 Å². The SMILES string of the molecule is O=C(N[C@H]1CCCC[C@H]1N1C(=O)CSC1=O)c1ccccc1Br. The zero-order valence-corrected chi connectivity index (χ0v) is 14.9. The number of thioether (sulfide) groups is 1. The molecule has 1 heterocycles. The van der Waals surface area contributed by atoms with Crippen molar-refractivity contribution in [1.82, 2.24) is 10.2 Å². The molecular formula is C16H17BrN2O3S. The Kier molecular flexibility index (Phi) is 5.06. The number of halogens is 1. The van der Waals surface area contributed by atoms with Gasteiger partial charge in [-0.05, 0) is 40.9 Å². The van der Waals surface area contributed by atoms with Crippen LogP contribution < -0.4 is 5.32 Å². The number of carbonyl (C=O) groups is 3. The quantitative estimate of drug-likeness (QED) is 0.851. The van der Waals surface area contributed by atoms with Crippen molar-refractivity contribution in [3.63, 3.8) is 0 Å². The van der Waals surface area contributed by atoms with E-state index < -0.39 is 0 Å². The van der Waals surface area contributed by atoms with Gasteiger partial charge in [0.2, 0.25) is 5.91 Å². The average Bonchev–Trinajstić information content (AvgIpc) is 2.87. The Morgan fingerprint density at radius 2 is 1.96 bits per heavy atom. The molecule has 2 fully saturated rings. The molecule has 1 N–H and O–H groups in total. The van der Waals surface area contributed by atoms with Gasteiger partial charge < -0.3 is 5.32 Å². The van der Waals surface area contributed by atoms with Crippen molar-refractivity contribution >= 4 is 44.7 Å². The predicted molar refractivity (Wildman–Crippen MR) is 92.4 cm³/mol. The Morgan fingerprint density at radius 1 is 1.22 bits per heavy atom. The number of hydrogen-bond donors (Lipinski definition) is 1. The largest absolute Gasteiger partial charge is 0.347 e. The molecule has 0 bridgehead atoms. The molecule has 0 aromatic heterocycles. The lowest BCUT2D eigenvalue weighted by molar-refractivity contribution is -0.127. The lowest BCUT2D eigenvalue weighted by atomic mass is 9.89. The van der Waals surface area contributed by atoms with Gasteiger partial charge in [-0.3, -0.25) is 19.3 Å². The zero-order chi connectivity index (χ0) is 16.4. The van der Waals surface area contributed by atoms with Gasteiger partial charge in [0.15, 0.2) is 0 Å². The van der Waals surface area contributed by atoms with E-state index in [9.17, 15) is 14.4 Å². The van der Waals surface area contributed by atoms with Gasteiger partial charge in [0.05, 0.1) is 23.4 Å². The number of amides is 3. The van der Waals surface area contributed by atoms with E-state index in [1.165, 1.54) is 4.90 Å². The van der Waals surface area contributed by atoms with Crippen molar-refractivity contribution < 1.29 is 14.4 Å². The van der Waals surface area contributed by atoms with E-state index in [1.54, 1.807) is 6.07 Å². The van der Waals surface area contributed by atoms with Crippen LogP contribution in [0, 0.1) is 0 Å². The maximum Gasteiger partial charge on any atom is 0.289 e. The molecule has 3 amide bonds. The van der Waals surface area contributed by atoms with Gasteiger partial charge in [0.25, 0.3) is 11.1 Å². The first kappa shape index (κ1) is 16.5. The molecule has 5 nitrogen and oxygen atoms in total. The molecule has 2 aliphatic rings. The van der Waals surface area contributed by atoms with E-state index in [-0.39, 0.29) is 34.9 Å². The fourth-order valence-electron chi connectivity index (χ4n) is 3.16. The molecule has 2 atom stereocenters. The maximum atomic E-state index is 12.5. The van der Waals surface area contributed by atoms with E-state index >= 15 is 0 Å². The summed E-state index contributed by atoms with van der Waals surface area (Å²) >= 11 is 4.42. The summed E-state index contributed by atoms with van der Waals surface area (Å²) in [7, 11) is 0. The van der Waals surface area contributed by atoms with E-state index in [0.29, 0.717) is 5.56 Å². The Bertz CT molecular complexity index is 636. The molecule has 0 radical (unpaired) electrons. The zero-order valence-electron chi connectivity index (χ0n) is 12.5. The van der Waals surface area contributed by atoms with Gasteiger partial charge in [0.1, 0.15) is 0 Å². The molecule has 1 aliphatic carbocycles. The number of nitrogens with one attached hydrogen (secondary N) is 1. The maximum absolute atomic E-state index is 12.5. The van der Waals surface area contributed by atoms with Crippen molar-refractivity contribution in [2.75, 3.05) is 5.75 Å². The Hall–Kier alpha value is -1.34. The van der Waals surface area contributed by atoms with Crippen LogP contribution in [-0.4, -0.2) is 39.8 Å². The van der Waals surface area contributed by atoms with Crippen molar-refractivity contribution in [2.24, 2.45) is 0 Å². The normalized spacial score (nSPS) is 24.8. The minimum Gasteiger partial charge on any atom is -0.347 e. The number of imide groups is 1. The summed E-state index contributed by atoms with van der Waals surface area (Å²) in [6.45, 7) is 0. The summed E-state index contributed by atoms with van der Waals surface area (Å²) in [4.78, 5) is 37.9. The fourth-order valence-corrected chi connectivity index (χ4v) is 4.39. The summed E-state index contributed by atoms with van der Waals surface area (Å²) in [6, 6.07) is 6.81. The van der Waals surface area contributed by atoms with E-state index in [0.717, 1.165) is 41.9 Å². The van der Waals surface area contributed by atoms with Crippen LogP contribution in [0.25, 0.3) is 0 Å². The molecule has 23 heavy (non-hydrogen) atoms. The summed E-state index contributed by atoms with van der Waals surface area (Å²) in [5.41, 5.74) is 0.560. The summed E-state index contributed by atoms with van der Waals surface area (Å²) in [5, 5.41) is 2.83. The van der Waals surface area contributed by atoms with Crippen LogP contribution in [0.1, 0.15) is 36.0 Å². The monoisotopic (exact) mass is 396 g/mol. The third-order valence-electron chi connectivity index (χ3n) is 4.28. The highest BCUT2D eigenvalue weighted by Crippen LogP contribution is 2.30. The molecule has 1 aromatic carbocycles. The van der Waals surface area contributed by atoms with Gasteiger partial charge in [-0.25, -0.2) is 0 Å². The molecule has 1 aromatic rings. The number of carbonyl (C=O) groups excluding carboxylic acids is 3. The number of nitrogens with zero attached hydrogens (tertiary/aromatic N) is 1. The summed E-state index contributed by atoms with van der Waals surface area (Å²) in [5.74, 6) is -0.117. The molecule has 7 heteroatoms. The molecule has 3 rings (SSSR count). The first-order valence-corrected chi connectivity index (χ1v) is 9.40. The van der Waals surface area contributed by atoms with E-state index in [4.69, 9.17) is 0 Å². The smallest absolute Gasteiger partial charge is 0.289 e. The molecule has 1 saturated carbocycles. The second kappa shape index (κ2) is 7.05. The number of benzene rings is 1. The van der Waals surface area contributed by atoms with E-state index in [1.807, 2.05) is 18.2 Å². The highest BCUT2D eigenvalue weighted by Gasteiger charge is 2.41. The van der Waals surface area contributed by atoms with Crippen LogP contribution in [0.3, 0.4) is 0 Å². The molecule has 1 saturated heterocycles. The third-order valence-corrected chi connectivity index (χ3v) is 5.81. The Morgan fingerprint density at radius 3 is 2.65 bits per heavy atom. The number of rotatable bonds is 3. The average molecular weight is 397 g/mol. The predicted octanol–water partition coefficient (Wildman–Crippen LogP) is 3.19. The Balaban J connectivity index is 1.77. The standard InChI is InChI=1S/C16H17BrN2O3S/c17-11-6-2-1-5-10(11)15(21)18-12-7-3-4-8-13(12)19-14(20)9-23-16(19)22/h1-2,5-6,12-13H,3-4,7-9H2,(H,18,21)/t12-,13+/m0/s1. The topological polar surface area (TPSA) is 66.5 Å². The molecule has 0 spiro atoms. The Labute approximate surface area is 147 Å². The molecule has 122 valence electrons. The lowest BCUT2D eigenvalue weighted by Crippen LogP contribution is -2.54. The van der Waals surface area contributed by atoms with Crippen molar-refractivity contribution in [2.45, 2.75) is 37.8 Å². The first-order valence-electron chi connectivity index (χ1n) is 7.62. The van der Waals surface area contributed by atoms with Gasteiger partial charge in [0, 0.05) is 4.47 Å². The minimum atomic E-state index is -0.231. The van der Waals surface area contributed by atoms with Crippen molar-refractivity contribution in [3.05, 3.63) is 34.3 Å². The van der Waals surface area contributed by atoms with Crippen LogP contribution in [0.2, 0.25) is 0 Å². The van der Waals surface area contributed by atoms with Gasteiger partial charge in [-0.2, -0.15) is 0 Å². The number of hydrogen-bond acceptors (Lipinski definition) is 4. The lowest BCUT2D eigenvalue weighted by Gasteiger charge is -2.36. The highest BCUT2D eigenvalue weighted by molar-refractivity contribution is 9.10. The van der Waals surface area contributed by atoms with Crippen molar-refractivity contribution in [3.8, 4) is 0 Å². The first-order chi connectivity index (χ1) is 11.1. The second-order valence-corrected chi connectivity index (χ2v) is 7.51. The van der Waals surface area contributed by atoms with Crippen LogP contribution in [0.5, 0.6) is 0 Å². The van der Waals surface area contributed by atoms with E-state index in [2.05, 4.69) is 21.2 Å². The second-order valence-electron chi connectivity index (χ2n) is 5.73. The summed E-state index contributed by atoms with van der Waals surface area (Å²) in [6.07, 6.45) is 3.48. The van der Waals surface area contributed by atoms with Crippen LogP contribution in [-0.2, 0) is 4.79 Å². The van der Waals surface area contributed by atoms with Crippen LogP contribution in [0.15, 0.2) is 28.7 Å². The molecule has 0 unspecified atom stereocenters.